The van der Waals surface area contributed by atoms with E-state index in [1.54, 1.807) is 0 Å². The molecule has 2 radical (unpaired) electrons. The van der Waals surface area contributed by atoms with Crippen molar-refractivity contribution in [1.29, 1.82) is 5.41 Å². The van der Waals surface area contributed by atoms with Crippen LogP contribution < -0.4 is 0 Å². The Hall–Kier alpha value is -0.465. The average Bonchev–Trinajstić information content (AvgIpc) is 1.96. The topological polar surface area (TPSA) is 33.1 Å². The molecule has 3 heteroatoms. The Balaban J connectivity index is 2.85. The van der Waals surface area contributed by atoms with Crippen LogP contribution in [0.4, 0.5) is 0 Å². The number of hydrogen-bond acceptors (Lipinski definition) is 2. The maximum Gasteiger partial charge on any atom is 0.195 e. The van der Waals surface area contributed by atoms with Crippen molar-refractivity contribution in [3.63, 3.8) is 0 Å². The van der Waals surface area contributed by atoms with E-state index in [1.807, 2.05) is 0 Å². The Morgan fingerprint density at radius 1 is 1.27 bits per heavy atom. The van der Waals surface area contributed by atoms with Crippen molar-refractivity contribution < 1.29 is 4.74 Å². The van der Waals surface area contributed by atoms with Gasteiger partial charge in [-0.3, -0.25) is 5.41 Å². The SMILES string of the molecule is [B]C(=N)OCCCCCCC. The molecule has 0 aromatic heterocycles. The fraction of sp³-hybridized carbons (Fsp3) is 0.875. The van der Waals surface area contributed by atoms with Crippen molar-refractivity contribution in [3.05, 3.63) is 0 Å². The molecule has 0 aliphatic carbocycles. The first-order valence-corrected chi connectivity index (χ1v) is 4.24. The number of nitrogens with one attached hydrogen (secondary N) is 1. The second-order valence-corrected chi connectivity index (χ2v) is 2.63. The minimum Gasteiger partial charge on any atom is -0.492 e. The summed E-state index contributed by atoms with van der Waals surface area (Å²) in [5.74, 6) is -0.166. The summed E-state index contributed by atoms with van der Waals surface area (Å²) in [6, 6.07) is 0. The highest BCUT2D eigenvalue weighted by molar-refractivity contribution is 6.55. The van der Waals surface area contributed by atoms with Gasteiger partial charge < -0.3 is 4.74 Å². The molecule has 2 nitrogen and oxygen atoms in total. The molecule has 0 bridgehead atoms. The summed E-state index contributed by atoms with van der Waals surface area (Å²) in [5.41, 5.74) is 0. The van der Waals surface area contributed by atoms with Gasteiger partial charge in [-0.2, -0.15) is 0 Å². The Morgan fingerprint density at radius 3 is 2.45 bits per heavy atom. The van der Waals surface area contributed by atoms with Gasteiger partial charge in [-0.05, 0) is 6.42 Å². The number of ether oxygens (including phenoxy) is 1. The molecule has 0 atom stereocenters. The summed E-state index contributed by atoms with van der Waals surface area (Å²) < 4.78 is 4.78. The Labute approximate surface area is 70.2 Å². The van der Waals surface area contributed by atoms with Gasteiger partial charge in [0.05, 0.1) is 6.61 Å². The predicted molar refractivity (Wildman–Crippen MR) is 48.2 cm³/mol. The molecule has 0 aliphatic rings. The van der Waals surface area contributed by atoms with E-state index < -0.39 is 0 Å². The lowest BCUT2D eigenvalue weighted by Gasteiger charge is -2.02. The van der Waals surface area contributed by atoms with Crippen LogP contribution in [0.3, 0.4) is 0 Å². The van der Waals surface area contributed by atoms with E-state index in [0.717, 1.165) is 6.42 Å². The summed E-state index contributed by atoms with van der Waals surface area (Å²) in [6.07, 6.45) is 6.01. The Kier molecular flexibility index (Phi) is 7.32. The molecule has 0 fully saturated rings. The van der Waals surface area contributed by atoms with Crippen LogP contribution in [-0.4, -0.2) is 20.3 Å². The van der Waals surface area contributed by atoms with Crippen molar-refractivity contribution in [3.8, 4) is 0 Å². The standard InChI is InChI=1S/C8H16BNO/c1-2-3-4-5-6-7-11-8(9)10/h10H,2-7H2,1H3. The third-order valence-corrected chi connectivity index (χ3v) is 1.51. The zero-order valence-electron chi connectivity index (χ0n) is 7.23. The van der Waals surface area contributed by atoms with Crippen molar-refractivity contribution in [2.75, 3.05) is 6.61 Å². The first-order chi connectivity index (χ1) is 5.27. The zero-order chi connectivity index (χ0) is 8.53. The fourth-order valence-corrected chi connectivity index (χ4v) is 0.888. The van der Waals surface area contributed by atoms with E-state index in [4.69, 9.17) is 18.0 Å². The molecule has 0 unspecified atom stereocenters. The minimum atomic E-state index is -0.166. The number of rotatable bonds is 6. The van der Waals surface area contributed by atoms with Crippen LogP contribution in [0.1, 0.15) is 39.0 Å². The van der Waals surface area contributed by atoms with E-state index >= 15 is 0 Å². The monoisotopic (exact) mass is 153 g/mol. The smallest absolute Gasteiger partial charge is 0.195 e. The van der Waals surface area contributed by atoms with E-state index in [9.17, 15) is 0 Å². The van der Waals surface area contributed by atoms with Crippen LogP contribution in [0, 0.1) is 5.41 Å². The number of hydrogen-bond donors (Lipinski definition) is 1. The van der Waals surface area contributed by atoms with Crippen LogP contribution in [0.15, 0.2) is 0 Å². The normalized spacial score (nSPS) is 9.55. The van der Waals surface area contributed by atoms with Crippen molar-refractivity contribution in [1.82, 2.24) is 0 Å². The molecule has 0 aromatic rings. The largest absolute Gasteiger partial charge is 0.492 e. The summed E-state index contributed by atoms with van der Waals surface area (Å²) >= 11 is 0. The number of unbranched alkanes of at least 4 members (excludes halogenated alkanes) is 4. The van der Waals surface area contributed by atoms with Crippen LogP contribution >= 0.6 is 0 Å². The van der Waals surface area contributed by atoms with Gasteiger partial charge in [0, 0.05) is 0 Å². The molecule has 0 aromatic carbocycles. The highest BCUT2D eigenvalue weighted by atomic mass is 16.5. The second-order valence-electron chi connectivity index (χ2n) is 2.63. The van der Waals surface area contributed by atoms with E-state index in [0.29, 0.717) is 6.61 Å². The van der Waals surface area contributed by atoms with Gasteiger partial charge >= 0.3 is 0 Å². The second kappa shape index (κ2) is 7.64. The molecule has 0 aliphatic heterocycles. The first kappa shape index (κ1) is 10.5. The maximum atomic E-state index is 6.77. The molecule has 0 amide bonds. The van der Waals surface area contributed by atoms with Gasteiger partial charge in [0.1, 0.15) is 5.80 Å². The van der Waals surface area contributed by atoms with Crippen LogP contribution in [-0.2, 0) is 4.74 Å². The lowest BCUT2D eigenvalue weighted by atomic mass is 10.1. The molecule has 1 N–H and O–H groups in total. The molecule has 0 rings (SSSR count). The first-order valence-electron chi connectivity index (χ1n) is 4.24. The highest BCUT2D eigenvalue weighted by Crippen LogP contribution is 2.01. The molecule has 11 heavy (non-hydrogen) atoms. The third kappa shape index (κ3) is 9.53. The van der Waals surface area contributed by atoms with E-state index in [-0.39, 0.29) is 5.80 Å². The van der Waals surface area contributed by atoms with E-state index in [2.05, 4.69) is 6.92 Å². The van der Waals surface area contributed by atoms with Crippen molar-refractivity contribution in [2.45, 2.75) is 39.0 Å². The van der Waals surface area contributed by atoms with Gasteiger partial charge in [0.25, 0.3) is 0 Å². The molecule has 0 spiro atoms. The summed E-state index contributed by atoms with van der Waals surface area (Å²) in [6.45, 7) is 2.78. The molecule has 62 valence electrons. The lowest BCUT2D eigenvalue weighted by molar-refractivity contribution is 0.297. The van der Waals surface area contributed by atoms with Crippen molar-refractivity contribution >= 4 is 13.6 Å². The summed E-state index contributed by atoms with van der Waals surface area (Å²) in [4.78, 5) is 0. The molecular weight excluding hydrogens is 137 g/mol. The Morgan fingerprint density at radius 2 is 1.91 bits per heavy atom. The van der Waals surface area contributed by atoms with Crippen molar-refractivity contribution in [2.24, 2.45) is 0 Å². The average molecular weight is 153 g/mol. The van der Waals surface area contributed by atoms with Gasteiger partial charge in [0.15, 0.2) is 7.85 Å². The third-order valence-electron chi connectivity index (χ3n) is 1.51. The summed E-state index contributed by atoms with van der Waals surface area (Å²) in [7, 11) is 4.99. The fourth-order valence-electron chi connectivity index (χ4n) is 0.888. The maximum absolute atomic E-state index is 6.77. The Bertz CT molecular complexity index is 106. The van der Waals surface area contributed by atoms with Gasteiger partial charge in [0.2, 0.25) is 0 Å². The van der Waals surface area contributed by atoms with Gasteiger partial charge in [-0.25, -0.2) is 0 Å². The minimum absolute atomic E-state index is 0.166. The molecule has 0 saturated heterocycles. The van der Waals surface area contributed by atoms with Gasteiger partial charge in [-0.15, -0.1) is 0 Å². The molecular formula is C8H16BNO. The van der Waals surface area contributed by atoms with Crippen LogP contribution in [0.25, 0.3) is 0 Å². The van der Waals surface area contributed by atoms with E-state index in [1.165, 1.54) is 25.7 Å². The predicted octanol–water partition coefficient (Wildman–Crippen LogP) is 2.08. The zero-order valence-corrected chi connectivity index (χ0v) is 7.23. The molecule has 0 saturated carbocycles. The van der Waals surface area contributed by atoms with Crippen LogP contribution in [0.5, 0.6) is 0 Å². The quantitative estimate of drug-likeness (QED) is 0.269. The lowest BCUT2D eigenvalue weighted by Crippen LogP contribution is -2.03. The highest BCUT2D eigenvalue weighted by Gasteiger charge is 1.89. The summed E-state index contributed by atoms with van der Waals surface area (Å²) in [5, 5.41) is 6.77. The molecule has 0 heterocycles. The van der Waals surface area contributed by atoms with Crippen LogP contribution in [0.2, 0.25) is 0 Å². The van der Waals surface area contributed by atoms with Gasteiger partial charge in [-0.1, -0.05) is 32.6 Å².